The molecule has 9 heteroatoms. The van der Waals surface area contributed by atoms with E-state index < -0.39 is 11.8 Å². The lowest BCUT2D eigenvalue weighted by Crippen LogP contribution is -2.39. The van der Waals surface area contributed by atoms with Crippen LogP contribution in [0, 0.1) is 5.82 Å². The smallest absolute Gasteiger partial charge is 0.341 e. The lowest BCUT2D eigenvalue weighted by Gasteiger charge is -2.24. The van der Waals surface area contributed by atoms with Crippen molar-refractivity contribution in [3.63, 3.8) is 0 Å². The minimum Gasteiger partial charge on any atom is -0.477 e. The zero-order valence-corrected chi connectivity index (χ0v) is 13.8. The standard InChI is InChI=1S/C17H17FN6O2/c18-10-3-4-14-20-8-13(24(14)9-10)16-21-7-12(17(25)26)15(23-16)22-11-2-1-5-19-6-11/h3-4,7-9,11,19H,1-2,5-6H2,(H,25,26)(H,21,22,23). The summed E-state index contributed by atoms with van der Waals surface area (Å²) in [5, 5.41) is 15.9. The molecule has 1 unspecified atom stereocenters. The molecule has 3 N–H and O–H groups in total. The number of rotatable bonds is 4. The van der Waals surface area contributed by atoms with Gasteiger partial charge in [0.1, 0.15) is 28.5 Å². The second-order valence-corrected chi connectivity index (χ2v) is 6.17. The van der Waals surface area contributed by atoms with Crippen LogP contribution in [-0.4, -0.2) is 49.6 Å². The highest BCUT2D eigenvalue weighted by Gasteiger charge is 2.20. The van der Waals surface area contributed by atoms with Gasteiger partial charge in [0.05, 0.1) is 6.20 Å². The summed E-state index contributed by atoms with van der Waals surface area (Å²) in [6, 6.07) is 2.96. The topological polar surface area (TPSA) is 104 Å². The van der Waals surface area contributed by atoms with Crippen LogP contribution in [0.4, 0.5) is 10.2 Å². The molecule has 134 valence electrons. The van der Waals surface area contributed by atoms with Crippen LogP contribution in [0.2, 0.25) is 0 Å². The van der Waals surface area contributed by atoms with Gasteiger partial charge < -0.3 is 15.7 Å². The monoisotopic (exact) mass is 356 g/mol. The van der Waals surface area contributed by atoms with Crippen molar-refractivity contribution in [3.05, 3.63) is 42.1 Å². The van der Waals surface area contributed by atoms with Gasteiger partial charge in [0.15, 0.2) is 5.82 Å². The number of nitrogens with zero attached hydrogens (tertiary/aromatic N) is 4. The third-order valence-electron chi connectivity index (χ3n) is 4.36. The van der Waals surface area contributed by atoms with Gasteiger partial charge in [-0.3, -0.25) is 4.40 Å². The molecular formula is C17H17FN6O2. The summed E-state index contributed by atoms with van der Waals surface area (Å²) < 4.78 is 15.1. The fourth-order valence-electron chi connectivity index (χ4n) is 3.06. The molecule has 1 aliphatic rings. The number of hydrogen-bond donors (Lipinski definition) is 3. The maximum Gasteiger partial charge on any atom is 0.341 e. The summed E-state index contributed by atoms with van der Waals surface area (Å²) in [5.41, 5.74) is 1.04. The SMILES string of the molecule is O=C(O)c1cnc(-c2cnc3ccc(F)cn23)nc1NC1CCCNC1. The van der Waals surface area contributed by atoms with E-state index >= 15 is 0 Å². The first-order chi connectivity index (χ1) is 12.6. The minimum atomic E-state index is -1.10. The molecule has 26 heavy (non-hydrogen) atoms. The van der Waals surface area contributed by atoms with Crippen LogP contribution >= 0.6 is 0 Å². The lowest BCUT2D eigenvalue weighted by atomic mass is 10.1. The van der Waals surface area contributed by atoms with Crippen LogP contribution in [0.25, 0.3) is 17.2 Å². The quantitative estimate of drug-likeness (QED) is 0.655. The lowest BCUT2D eigenvalue weighted by molar-refractivity contribution is 0.0697. The Morgan fingerprint density at radius 3 is 3.00 bits per heavy atom. The van der Waals surface area contributed by atoms with Crippen molar-refractivity contribution in [3.8, 4) is 11.5 Å². The summed E-state index contributed by atoms with van der Waals surface area (Å²) in [4.78, 5) is 24.3. The Kier molecular flexibility index (Phi) is 4.21. The zero-order chi connectivity index (χ0) is 18.1. The predicted molar refractivity (Wildman–Crippen MR) is 92.6 cm³/mol. The maximum atomic E-state index is 13.6. The second-order valence-electron chi connectivity index (χ2n) is 6.17. The fourth-order valence-corrected chi connectivity index (χ4v) is 3.06. The van der Waals surface area contributed by atoms with Crippen LogP contribution in [0.5, 0.6) is 0 Å². The average molecular weight is 356 g/mol. The van der Waals surface area contributed by atoms with E-state index in [2.05, 4.69) is 25.6 Å². The van der Waals surface area contributed by atoms with Crippen LogP contribution < -0.4 is 10.6 Å². The van der Waals surface area contributed by atoms with E-state index in [-0.39, 0.29) is 23.2 Å². The molecule has 0 amide bonds. The van der Waals surface area contributed by atoms with Crippen LogP contribution in [-0.2, 0) is 0 Å². The molecular weight excluding hydrogens is 339 g/mol. The molecule has 0 radical (unpaired) electrons. The number of pyridine rings is 1. The van der Waals surface area contributed by atoms with Crippen molar-refractivity contribution in [2.45, 2.75) is 18.9 Å². The molecule has 1 fully saturated rings. The van der Waals surface area contributed by atoms with Gasteiger partial charge in [0, 0.05) is 25.0 Å². The number of fused-ring (bicyclic) bond motifs is 1. The third kappa shape index (κ3) is 3.08. The Morgan fingerprint density at radius 2 is 2.23 bits per heavy atom. The van der Waals surface area contributed by atoms with Crippen LogP contribution in [0.15, 0.2) is 30.7 Å². The highest BCUT2D eigenvalue weighted by Crippen LogP contribution is 2.22. The number of hydrogen-bond acceptors (Lipinski definition) is 6. The second kappa shape index (κ2) is 6.68. The first kappa shape index (κ1) is 16.4. The summed E-state index contributed by atoms with van der Waals surface area (Å²) in [7, 11) is 0. The highest BCUT2D eigenvalue weighted by molar-refractivity contribution is 5.93. The Balaban J connectivity index is 1.75. The number of aromatic carboxylic acids is 1. The summed E-state index contributed by atoms with van der Waals surface area (Å²) >= 11 is 0. The molecule has 4 heterocycles. The molecule has 3 aromatic heterocycles. The number of aromatic nitrogens is 4. The minimum absolute atomic E-state index is 0.000625. The van der Waals surface area contributed by atoms with Gasteiger partial charge in [-0.15, -0.1) is 0 Å². The summed E-state index contributed by atoms with van der Waals surface area (Å²) in [5.74, 6) is -0.987. The highest BCUT2D eigenvalue weighted by atomic mass is 19.1. The molecule has 0 aromatic carbocycles. The molecule has 8 nitrogen and oxygen atoms in total. The molecule has 3 aromatic rings. The normalized spacial score (nSPS) is 17.3. The van der Waals surface area contributed by atoms with E-state index in [0.29, 0.717) is 11.3 Å². The van der Waals surface area contributed by atoms with Crippen molar-refractivity contribution < 1.29 is 14.3 Å². The number of anilines is 1. The summed E-state index contributed by atoms with van der Waals surface area (Å²) in [6.07, 6.45) is 6.03. The molecule has 0 bridgehead atoms. The first-order valence-electron chi connectivity index (χ1n) is 8.32. The van der Waals surface area contributed by atoms with Crippen molar-refractivity contribution in [2.24, 2.45) is 0 Å². The van der Waals surface area contributed by atoms with Crippen molar-refractivity contribution in [1.82, 2.24) is 24.7 Å². The number of carboxylic acids is 1. The number of piperidine rings is 1. The van der Waals surface area contributed by atoms with E-state index in [9.17, 15) is 14.3 Å². The summed E-state index contributed by atoms with van der Waals surface area (Å²) in [6.45, 7) is 1.69. The third-order valence-corrected chi connectivity index (χ3v) is 4.36. The van der Waals surface area contributed by atoms with E-state index in [4.69, 9.17) is 0 Å². The molecule has 0 spiro atoms. The van der Waals surface area contributed by atoms with Gasteiger partial charge in [-0.2, -0.15) is 0 Å². The van der Waals surface area contributed by atoms with Gasteiger partial charge in [-0.05, 0) is 31.5 Å². The average Bonchev–Trinajstić information content (AvgIpc) is 3.05. The maximum absolute atomic E-state index is 13.6. The number of imidazole rings is 1. The van der Waals surface area contributed by atoms with Crippen molar-refractivity contribution >= 4 is 17.4 Å². The number of carbonyl (C=O) groups is 1. The fraction of sp³-hybridized carbons (Fsp3) is 0.294. The molecule has 1 aliphatic heterocycles. The molecule has 4 rings (SSSR count). The van der Waals surface area contributed by atoms with Crippen molar-refractivity contribution in [2.75, 3.05) is 18.4 Å². The van der Waals surface area contributed by atoms with Crippen LogP contribution in [0.1, 0.15) is 23.2 Å². The van der Waals surface area contributed by atoms with Gasteiger partial charge in [-0.25, -0.2) is 24.1 Å². The predicted octanol–water partition coefficient (Wildman–Crippen LogP) is 1.79. The zero-order valence-electron chi connectivity index (χ0n) is 13.8. The van der Waals surface area contributed by atoms with Gasteiger partial charge in [0.2, 0.25) is 0 Å². The van der Waals surface area contributed by atoms with E-state index in [0.717, 1.165) is 25.9 Å². The number of carboxylic acid groups (broad SMARTS) is 1. The van der Waals surface area contributed by atoms with Crippen molar-refractivity contribution in [1.29, 1.82) is 0 Å². The molecule has 0 saturated carbocycles. The first-order valence-corrected chi connectivity index (χ1v) is 8.32. The van der Waals surface area contributed by atoms with E-state index in [1.54, 1.807) is 6.07 Å². The number of nitrogens with one attached hydrogen (secondary N) is 2. The molecule has 1 saturated heterocycles. The van der Waals surface area contributed by atoms with Gasteiger partial charge in [0.25, 0.3) is 0 Å². The van der Waals surface area contributed by atoms with Crippen LogP contribution in [0.3, 0.4) is 0 Å². The Labute approximate surface area is 148 Å². The van der Waals surface area contributed by atoms with E-state index in [1.807, 2.05) is 0 Å². The van der Waals surface area contributed by atoms with Gasteiger partial charge in [-0.1, -0.05) is 0 Å². The Bertz CT molecular complexity index is 967. The van der Waals surface area contributed by atoms with Gasteiger partial charge >= 0.3 is 5.97 Å². The largest absolute Gasteiger partial charge is 0.477 e. The Morgan fingerprint density at radius 1 is 1.35 bits per heavy atom. The number of halogens is 1. The van der Waals surface area contributed by atoms with E-state index in [1.165, 1.54) is 29.1 Å². The Hall–Kier alpha value is -3.07. The molecule has 0 aliphatic carbocycles. The molecule has 1 atom stereocenters.